The number of hydrogen-bond donors (Lipinski definition) is 2. The van der Waals surface area contributed by atoms with E-state index in [4.69, 9.17) is 19.5 Å². The maximum atomic E-state index is 8.89. The lowest BCUT2D eigenvalue weighted by Gasteiger charge is -2.06. The zero-order valence-electron chi connectivity index (χ0n) is 10.3. The van der Waals surface area contributed by atoms with Crippen LogP contribution in [-0.4, -0.2) is 11.7 Å². The summed E-state index contributed by atoms with van der Waals surface area (Å²) in [5.74, 6) is 1.97. The quantitative estimate of drug-likeness (QED) is 0.831. The monoisotopic (exact) mass is 258 g/mol. The first-order valence-corrected chi connectivity index (χ1v) is 5.84. The number of nitriles is 1. The van der Waals surface area contributed by atoms with Gasteiger partial charge in [-0.15, -0.1) is 0 Å². The van der Waals surface area contributed by atoms with Crippen LogP contribution in [0, 0.1) is 11.3 Å². The van der Waals surface area contributed by atoms with Crippen LogP contribution in [0.1, 0.15) is 11.5 Å². The minimum atomic E-state index is -0.0923. The number of aliphatic hydroxyl groups excluding tert-OH is 1. The average Bonchev–Trinajstić information content (AvgIpc) is 2.92. The molecule has 5 nitrogen and oxygen atoms in total. The largest absolute Gasteiger partial charge is 0.479 e. The van der Waals surface area contributed by atoms with E-state index in [-0.39, 0.29) is 13.2 Å². The average molecular weight is 258 g/mol. The number of rotatable bonds is 6. The van der Waals surface area contributed by atoms with Gasteiger partial charge in [-0.1, -0.05) is 0 Å². The summed E-state index contributed by atoms with van der Waals surface area (Å²) < 4.78 is 10.5. The number of hydrogen-bond acceptors (Lipinski definition) is 5. The van der Waals surface area contributed by atoms with Crippen LogP contribution in [-0.2, 0) is 13.2 Å². The molecule has 0 aliphatic heterocycles. The number of anilines is 1. The summed E-state index contributed by atoms with van der Waals surface area (Å²) >= 11 is 0. The number of ether oxygens (including phenoxy) is 1. The van der Waals surface area contributed by atoms with Crippen LogP contribution < -0.4 is 10.1 Å². The smallest absolute Gasteiger partial charge is 0.174 e. The van der Waals surface area contributed by atoms with Crippen molar-refractivity contribution in [1.29, 1.82) is 5.26 Å². The van der Waals surface area contributed by atoms with Gasteiger partial charge in [0.2, 0.25) is 0 Å². The van der Waals surface area contributed by atoms with Crippen molar-refractivity contribution in [2.45, 2.75) is 13.2 Å². The van der Waals surface area contributed by atoms with Crippen molar-refractivity contribution >= 4 is 5.69 Å². The minimum absolute atomic E-state index is 0.0447. The summed E-state index contributed by atoms with van der Waals surface area (Å²) in [4.78, 5) is 0. The molecule has 19 heavy (non-hydrogen) atoms. The minimum Gasteiger partial charge on any atom is -0.479 e. The van der Waals surface area contributed by atoms with Crippen LogP contribution in [0.3, 0.4) is 0 Å². The van der Waals surface area contributed by atoms with Crippen molar-refractivity contribution in [1.82, 2.24) is 0 Å². The van der Waals surface area contributed by atoms with Crippen molar-refractivity contribution in [3.05, 3.63) is 47.9 Å². The maximum absolute atomic E-state index is 8.89. The third kappa shape index (κ3) is 3.76. The summed E-state index contributed by atoms with van der Waals surface area (Å²) in [7, 11) is 0. The van der Waals surface area contributed by atoms with Crippen LogP contribution in [0.2, 0.25) is 0 Å². The molecule has 0 bridgehead atoms. The molecule has 0 aliphatic carbocycles. The van der Waals surface area contributed by atoms with E-state index < -0.39 is 0 Å². The Morgan fingerprint density at radius 3 is 2.53 bits per heavy atom. The van der Waals surface area contributed by atoms with E-state index >= 15 is 0 Å². The Kier molecular flexibility index (Phi) is 4.43. The van der Waals surface area contributed by atoms with Crippen LogP contribution >= 0.6 is 0 Å². The van der Waals surface area contributed by atoms with Gasteiger partial charge in [-0.25, -0.2) is 0 Å². The molecule has 0 aliphatic rings. The highest BCUT2D eigenvalue weighted by atomic mass is 16.5. The second kappa shape index (κ2) is 6.47. The Balaban J connectivity index is 1.87. The Hall–Kier alpha value is -2.45. The molecular weight excluding hydrogens is 244 g/mol. The molecule has 0 saturated heterocycles. The molecule has 1 heterocycles. The summed E-state index contributed by atoms with van der Waals surface area (Å²) in [6.07, 6.45) is 0. The summed E-state index contributed by atoms with van der Waals surface area (Å²) in [5.41, 5.74) is 0.922. The first kappa shape index (κ1) is 13.0. The number of nitrogens with one attached hydrogen (secondary N) is 1. The van der Waals surface area contributed by atoms with Gasteiger partial charge in [0.1, 0.15) is 29.9 Å². The second-order valence-electron chi connectivity index (χ2n) is 3.85. The lowest BCUT2D eigenvalue weighted by atomic mass is 10.3. The molecule has 2 N–H and O–H groups in total. The molecule has 5 heteroatoms. The van der Waals surface area contributed by atoms with Crippen LogP contribution in [0.15, 0.2) is 40.8 Å². The Morgan fingerprint density at radius 2 is 1.89 bits per heavy atom. The summed E-state index contributed by atoms with van der Waals surface area (Å²) in [6, 6.07) is 12.8. The van der Waals surface area contributed by atoms with Gasteiger partial charge in [0.15, 0.2) is 6.61 Å². The van der Waals surface area contributed by atoms with E-state index in [1.807, 2.05) is 24.3 Å². The molecule has 1 aromatic carbocycles. The predicted molar refractivity (Wildman–Crippen MR) is 69.5 cm³/mol. The first-order chi connectivity index (χ1) is 9.31. The fourth-order valence-electron chi connectivity index (χ4n) is 1.58. The van der Waals surface area contributed by atoms with E-state index in [0.29, 0.717) is 18.1 Å². The topological polar surface area (TPSA) is 78.4 Å². The van der Waals surface area contributed by atoms with E-state index in [2.05, 4.69) is 5.32 Å². The highest BCUT2D eigenvalue weighted by Gasteiger charge is 2.01. The van der Waals surface area contributed by atoms with Crippen molar-refractivity contribution in [2.75, 3.05) is 11.9 Å². The van der Waals surface area contributed by atoms with Gasteiger partial charge in [0.25, 0.3) is 0 Å². The van der Waals surface area contributed by atoms with Crippen molar-refractivity contribution in [2.24, 2.45) is 0 Å². The highest BCUT2D eigenvalue weighted by molar-refractivity contribution is 5.46. The van der Waals surface area contributed by atoms with Gasteiger partial charge in [-0.3, -0.25) is 0 Å². The first-order valence-electron chi connectivity index (χ1n) is 5.84. The Bertz CT molecular complexity index is 555. The molecule has 0 radical (unpaired) electrons. The van der Waals surface area contributed by atoms with Gasteiger partial charge in [0.05, 0.1) is 6.54 Å². The van der Waals surface area contributed by atoms with Crippen LogP contribution in [0.25, 0.3) is 0 Å². The number of aliphatic hydroxyl groups is 1. The number of furan rings is 1. The molecule has 0 amide bonds. The van der Waals surface area contributed by atoms with E-state index in [0.717, 1.165) is 11.4 Å². The highest BCUT2D eigenvalue weighted by Crippen LogP contribution is 2.17. The molecule has 1 aromatic heterocycles. The van der Waals surface area contributed by atoms with Crippen molar-refractivity contribution in [3.63, 3.8) is 0 Å². The van der Waals surface area contributed by atoms with Crippen LogP contribution in [0.4, 0.5) is 5.69 Å². The second-order valence-corrected chi connectivity index (χ2v) is 3.85. The van der Waals surface area contributed by atoms with E-state index in [9.17, 15) is 0 Å². The zero-order valence-corrected chi connectivity index (χ0v) is 10.3. The lowest BCUT2D eigenvalue weighted by molar-refractivity contribution is 0.244. The molecular formula is C14H14N2O3. The molecule has 0 atom stereocenters. The van der Waals surface area contributed by atoms with Gasteiger partial charge in [0, 0.05) is 5.69 Å². The lowest BCUT2D eigenvalue weighted by Crippen LogP contribution is -1.98. The molecule has 0 unspecified atom stereocenters. The zero-order chi connectivity index (χ0) is 13.5. The van der Waals surface area contributed by atoms with E-state index in [1.54, 1.807) is 18.2 Å². The summed E-state index contributed by atoms with van der Waals surface area (Å²) in [5, 5.41) is 20.5. The maximum Gasteiger partial charge on any atom is 0.174 e. The Labute approximate surface area is 111 Å². The fourth-order valence-corrected chi connectivity index (χ4v) is 1.58. The van der Waals surface area contributed by atoms with Crippen molar-refractivity contribution in [3.8, 4) is 11.8 Å². The third-order valence-electron chi connectivity index (χ3n) is 2.50. The fraction of sp³-hybridized carbons (Fsp3) is 0.214. The molecule has 2 rings (SSSR count). The Morgan fingerprint density at radius 1 is 1.16 bits per heavy atom. The predicted octanol–water partition coefficient (Wildman–Crippen LogP) is 2.29. The normalized spacial score (nSPS) is 9.89. The van der Waals surface area contributed by atoms with Gasteiger partial charge in [-0.05, 0) is 36.4 Å². The molecule has 0 spiro atoms. The number of nitrogens with zero attached hydrogens (tertiary/aromatic N) is 1. The SMILES string of the molecule is N#CCOc1ccc(NCc2ccc(CO)o2)cc1. The van der Waals surface area contributed by atoms with Gasteiger partial charge >= 0.3 is 0 Å². The van der Waals surface area contributed by atoms with Gasteiger partial charge < -0.3 is 19.6 Å². The summed E-state index contributed by atoms with van der Waals surface area (Å²) in [6.45, 7) is 0.492. The van der Waals surface area contributed by atoms with E-state index in [1.165, 1.54) is 0 Å². The van der Waals surface area contributed by atoms with Gasteiger partial charge in [-0.2, -0.15) is 5.26 Å². The molecule has 98 valence electrons. The van der Waals surface area contributed by atoms with Crippen LogP contribution in [0.5, 0.6) is 5.75 Å². The molecule has 2 aromatic rings. The standard InChI is InChI=1S/C14H14N2O3/c15-7-8-18-12-3-1-11(2-4-12)16-9-13-5-6-14(10-17)19-13/h1-6,16-17H,8-10H2. The molecule has 0 saturated carbocycles. The molecule has 0 fully saturated rings. The third-order valence-corrected chi connectivity index (χ3v) is 2.50. The van der Waals surface area contributed by atoms with Crippen molar-refractivity contribution < 1.29 is 14.3 Å². The number of benzene rings is 1.